The molecule has 44 heavy (non-hydrogen) atoms. The van der Waals surface area contributed by atoms with Gasteiger partial charge < -0.3 is 19.8 Å². The summed E-state index contributed by atoms with van der Waals surface area (Å²) in [4.78, 5) is 19.0. The van der Waals surface area contributed by atoms with E-state index in [2.05, 4.69) is 35.4 Å². The molecule has 1 aromatic rings. The average molecular weight is 632 g/mol. The van der Waals surface area contributed by atoms with E-state index in [1.165, 1.54) is 18.7 Å². The fourth-order valence-corrected chi connectivity index (χ4v) is 11.7. The van der Waals surface area contributed by atoms with Crippen LogP contribution in [0.25, 0.3) is 0 Å². The zero-order valence-electron chi connectivity index (χ0n) is 26.8. The van der Waals surface area contributed by atoms with E-state index >= 15 is 0 Å². The normalized spacial score (nSPS) is 40.4. The molecule has 0 aromatic carbocycles. The fourth-order valence-electron chi connectivity index (χ4n) is 10.9. The van der Waals surface area contributed by atoms with E-state index in [9.17, 15) is 23.4 Å². The molecule has 9 nitrogen and oxygen atoms in total. The molecule has 5 fully saturated rings. The Balaban J connectivity index is 1.05. The van der Waals surface area contributed by atoms with Crippen LogP contribution in [0.15, 0.2) is 23.2 Å². The van der Waals surface area contributed by atoms with E-state index < -0.39 is 16.1 Å². The number of carbonyl (C=O) groups excluding carboxylic acids is 1. The highest BCUT2D eigenvalue weighted by molar-refractivity contribution is 7.90. The van der Waals surface area contributed by atoms with Crippen LogP contribution in [0.5, 0.6) is 0 Å². The van der Waals surface area contributed by atoms with Crippen LogP contribution in [0, 0.1) is 46.3 Å². The van der Waals surface area contributed by atoms with E-state index in [0.29, 0.717) is 30.1 Å². The van der Waals surface area contributed by atoms with E-state index in [4.69, 9.17) is 4.74 Å². The molecule has 10 heteroatoms. The quantitative estimate of drug-likeness (QED) is 0.360. The molecule has 1 saturated heterocycles. The minimum Gasteiger partial charge on any atom is -0.449 e. The number of anilines is 1. The third-order valence-corrected chi connectivity index (χ3v) is 14.5. The second-order valence-electron chi connectivity index (χ2n) is 15.1. The van der Waals surface area contributed by atoms with Gasteiger partial charge >= 0.3 is 6.09 Å². The van der Waals surface area contributed by atoms with Crippen molar-refractivity contribution in [2.75, 3.05) is 24.6 Å². The van der Waals surface area contributed by atoms with Crippen LogP contribution in [0.2, 0.25) is 0 Å². The predicted octanol–water partition coefficient (Wildman–Crippen LogP) is 5.50. The first-order valence-corrected chi connectivity index (χ1v) is 18.7. The fraction of sp³-hybridized carbons (Fsp3) is 0.824. The summed E-state index contributed by atoms with van der Waals surface area (Å²) < 4.78 is 33.2. The Hall–Kier alpha value is -1.91. The van der Waals surface area contributed by atoms with E-state index in [1.807, 2.05) is 0 Å². The number of hydrogen-bond donors (Lipinski definition) is 3. The van der Waals surface area contributed by atoms with Gasteiger partial charge in [-0.3, -0.25) is 0 Å². The van der Waals surface area contributed by atoms with Gasteiger partial charge in [-0.1, -0.05) is 27.2 Å². The molecule has 3 N–H and O–H groups in total. The first-order chi connectivity index (χ1) is 21.0. The molecule has 6 rings (SSSR count). The number of pyridine rings is 1. The van der Waals surface area contributed by atoms with Crippen molar-refractivity contribution in [3.63, 3.8) is 0 Å². The molecular weight excluding hydrogens is 578 g/mol. The van der Waals surface area contributed by atoms with Gasteiger partial charge in [0.15, 0.2) is 0 Å². The SMILES string of the molecule is CC[C@H]1[C@@H](O)[C@@H]2[C@H](CC[C@]3(C)[C@@H](CCOC(=O)NS(=O)(=O)c4ccc(N5CCCCC5)nc4)CC[C@@H]23)[C@@]2(C)CC[C@@H](O)C[C@@H]12. The van der Waals surface area contributed by atoms with Crippen molar-refractivity contribution >= 4 is 21.9 Å². The maximum Gasteiger partial charge on any atom is 0.421 e. The first-order valence-electron chi connectivity index (χ1n) is 17.2. The zero-order chi connectivity index (χ0) is 31.3. The molecule has 2 heterocycles. The van der Waals surface area contributed by atoms with Crippen molar-refractivity contribution in [1.29, 1.82) is 0 Å². The molecule has 5 aliphatic rings. The van der Waals surface area contributed by atoms with Crippen LogP contribution < -0.4 is 9.62 Å². The molecule has 0 unspecified atom stereocenters. The van der Waals surface area contributed by atoms with Crippen molar-refractivity contribution in [3.8, 4) is 0 Å². The highest BCUT2D eigenvalue weighted by atomic mass is 32.2. The third-order valence-electron chi connectivity index (χ3n) is 13.2. The van der Waals surface area contributed by atoms with Crippen LogP contribution in [0.4, 0.5) is 10.6 Å². The lowest BCUT2D eigenvalue weighted by molar-refractivity contribution is -0.202. The van der Waals surface area contributed by atoms with Crippen molar-refractivity contribution in [2.45, 2.75) is 115 Å². The Labute approximate surface area is 263 Å². The number of sulfonamides is 1. The van der Waals surface area contributed by atoms with Crippen LogP contribution in [-0.2, 0) is 14.8 Å². The lowest BCUT2D eigenvalue weighted by Gasteiger charge is -2.64. The van der Waals surface area contributed by atoms with Crippen molar-refractivity contribution in [3.05, 3.63) is 18.3 Å². The Morgan fingerprint density at radius 3 is 2.45 bits per heavy atom. The second kappa shape index (κ2) is 12.4. The van der Waals surface area contributed by atoms with Gasteiger partial charge in [-0.25, -0.2) is 22.9 Å². The number of carbonyl (C=O) groups is 1. The van der Waals surface area contributed by atoms with Crippen molar-refractivity contribution in [2.24, 2.45) is 46.3 Å². The van der Waals surface area contributed by atoms with Gasteiger partial charge in [-0.2, -0.15) is 0 Å². The maximum absolute atomic E-state index is 12.8. The monoisotopic (exact) mass is 631 g/mol. The predicted molar refractivity (Wildman–Crippen MR) is 168 cm³/mol. The van der Waals surface area contributed by atoms with E-state index in [-0.39, 0.29) is 46.4 Å². The molecule has 246 valence electrons. The van der Waals surface area contributed by atoms with Crippen LogP contribution in [0.1, 0.15) is 97.8 Å². The molecule has 10 atom stereocenters. The lowest BCUT2D eigenvalue weighted by atomic mass is 9.41. The average Bonchev–Trinajstić information content (AvgIpc) is 3.34. The zero-order valence-corrected chi connectivity index (χ0v) is 27.6. The molecule has 1 aliphatic heterocycles. The van der Waals surface area contributed by atoms with E-state index in [1.54, 1.807) is 6.07 Å². The van der Waals surface area contributed by atoms with Gasteiger partial charge in [-0.15, -0.1) is 0 Å². The minimum atomic E-state index is -4.08. The van der Waals surface area contributed by atoms with Crippen LogP contribution in [-0.4, -0.2) is 61.6 Å². The van der Waals surface area contributed by atoms with Gasteiger partial charge in [0.25, 0.3) is 10.0 Å². The Kier molecular flexibility index (Phi) is 9.00. The number of rotatable bonds is 7. The summed E-state index contributed by atoms with van der Waals surface area (Å²) in [5.74, 6) is 2.88. The lowest BCUT2D eigenvalue weighted by Crippen LogP contribution is -2.62. The number of nitrogens with one attached hydrogen (secondary N) is 1. The number of amides is 1. The van der Waals surface area contributed by atoms with Crippen molar-refractivity contribution in [1.82, 2.24) is 9.71 Å². The number of fused-ring (bicyclic) bond motifs is 5. The van der Waals surface area contributed by atoms with Gasteiger partial charge in [-0.05, 0) is 129 Å². The molecule has 1 amide bonds. The number of aromatic nitrogens is 1. The molecule has 0 bridgehead atoms. The van der Waals surface area contributed by atoms with Gasteiger partial charge in [0.05, 0.1) is 18.8 Å². The maximum atomic E-state index is 12.8. The number of ether oxygens (including phenoxy) is 1. The summed E-state index contributed by atoms with van der Waals surface area (Å²) in [6, 6.07) is 3.19. The van der Waals surface area contributed by atoms with Crippen LogP contribution >= 0.6 is 0 Å². The standard InChI is InChI=1S/C34H53N3O6S/c1-4-25-28-20-23(38)12-15-34(28,3)27-13-16-33(2)22(8-10-26(33)30(27)31(25)39)14-19-43-32(40)36-44(41,42)24-9-11-29(35-21-24)37-17-6-5-7-18-37/h9,11,21-23,25-28,30-31,38-39H,4-8,10,12-20H2,1-3H3,(H,36,40)/t22-,23-,25-,26+,27+,28+,30+,31-,33-,34-/m1/s1. The number of piperidine rings is 1. The van der Waals surface area contributed by atoms with Gasteiger partial charge in [0, 0.05) is 19.3 Å². The van der Waals surface area contributed by atoms with Crippen molar-refractivity contribution < 1.29 is 28.2 Å². The highest BCUT2D eigenvalue weighted by Gasteiger charge is 2.64. The minimum absolute atomic E-state index is 0.0575. The highest BCUT2D eigenvalue weighted by Crippen LogP contribution is 2.69. The smallest absolute Gasteiger partial charge is 0.421 e. The summed E-state index contributed by atoms with van der Waals surface area (Å²) in [5.41, 5.74) is 0.227. The molecule has 4 aliphatic carbocycles. The summed E-state index contributed by atoms with van der Waals surface area (Å²) in [6.07, 6.45) is 11.8. The third kappa shape index (κ3) is 5.65. The largest absolute Gasteiger partial charge is 0.449 e. The number of aliphatic hydroxyl groups excluding tert-OH is 2. The second-order valence-corrected chi connectivity index (χ2v) is 16.8. The Bertz CT molecular complexity index is 1290. The number of aliphatic hydroxyl groups is 2. The van der Waals surface area contributed by atoms with Crippen LogP contribution in [0.3, 0.4) is 0 Å². The first kappa shape index (κ1) is 32.0. The molecule has 4 saturated carbocycles. The van der Waals surface area contributed by atoms with E-state index in [0.717, 1.165) is 83.1 Å². The van der Waals surface area contributed by atoms with Gasteiger partial charge in [0.1, 0.15) is 10.7 Å². The number of hydrogen-bond acceptors (Lipinski definition) is 8. The topological polar surface area (TPSA) is 129 Å². The molecule has 0 radical (unpaired) electrons. The summed E-state index contributed by atoms with van der Waals surface area (Å²) in [7, 11) is -4.08. The molecule has 0 spiro atoms. The Morgan fingerprint density at radius 2 is 1.75 bits per heavy atom. The molecular formula is C34H53N3O6S. The Morgan fingerprint density at radius 1 is 1.02 bits per heavy atom. The summed E-state index contributed by atoms with van der Waals surface area (Å²) in [5, 5.41) is 22.4. The number of nitrogens with zero attached hydrogens (tertiary/aromatic N) is 2. The van der Waals surface area contributed by atoms with Gasteiger partial charge in [0.2, 0.25) is 0 Å². The summed E-state index contributed by atoms with van der Waals surface area (Å²) in [6.45, 7) is 9.01. The molecule has 1 aromatic heterocycles. The summed E-state index contributed by atoms with van der Waals surface area (Å²) >= 11 is 0.